The first-order valence-electron chi connectivity index (χ1n) is 4.47. The Morgan fingerprint density at radius 1 is 1.65 bits per heavy atom. The molecule has 4 N–H and O–H groups in total. The van der Waals surface area contributed by atoms with Crippen molar-refractivity contribution < 1.29 is 36.3 Å². The van der Waals surface area contributed by atoms with Crippen molar-refractivity contribution in [1.82, 2.24) is 15.3 Å². The number of nitrogens with two attached hydrogens (primary N) is 1. The molecule has 0 aromatic carbocycles. The van der Waals surface area contributed by atoms with E-state index in [0.29, 0.717) is 5.69 Å². The average molecular weight is 444 g/mol. The van der Waals surface area contributed by atoms with Crippen molar-refractivity contribution in [2.75, 3.05) is 6.54 Å². The Morgan fingerprint density at radius 2 is 2.35 bits per heavy atom. The first-order valence-corrected chi connectivity index (χ1v) is 4.77. The number of nitrogens with one attached hydrogen (secondary N) is 2. The van der Waals surface area contributed by atoms with Gasteiger partial charge in [-0.3, -0.25) is 4.79 Å². The van der Waals surface area contributed by atoms with Gasteiger partial charge in [-0.1, -0.05) is 0 Å². The SMILES string of the molecule is NCC(=O)N[C@@H](Cc1c[nH]cn1)C(=O)OCl.[Au]. The van der Waals surface area contributed by atoms with Crippen LogP contribution in [0.25, 0.3) is 0 Å². The molecule has 99 valence electrons. The smallest absolute Gasteiger partial charge is 0.347 e. The standard InChI is InChI=1S/C8H11ClN4O3.Au/c9-16-8(15)6(13-7(14)2-10)1-5-3-11-4-12-5;/h3-4,6H,1-2,10H2,(H,11,12)(H,13,14);/t6-;/m0./s1. The van der Waals surface area contributed by atoms with E-state index < -0.39 is 17.9 Å². The van der Waals surface area contributed by atoms with Gasteiger partial charge in [0, 0.05) is 35.0 Å². The number of hydrogen-bond acceptors (Lipinski definition) is 5. The number of carbonyl (C=O) groups is 2. The molecule has 1 aromatic heterocycles. The van der Waals surface area contributed by atoms with E-state index in [0.717, 1.165) is 0 Å². The van der Waals surface area contributed by atoms with Crippen molar-refractivity contribution >= 4 is 23.7 Å². The predicted molar refractivity (Wildman–Crippen MR) is 55.2 cm³/mol. The summed E-state index contributed by atoms with van der Waals surface area (Å²) in [5.41, 5.74) is 5.72. The molecule has 1 atom stereocenters. The zero-order valence-corrected chi connectivity index (χ0v) is 11.5. The third kappa shape index (κ3) is 5.33. The maximum absolute atomic E-state index is 11.2. The molecular formula is C8H11AuClN4O3. The second-order valence-corrected chi connectivity index (χ2v) is 3.14. The minimum Gasteiger partial charge on any atom is -0.351 e. The molecule has 0 saturated carbocycles. The van der Waals surface area contributed by atoms with E-state index in [1.807, 2.05) is 0 Å². The van der Waals surface area contributed by atoms with Crippen molar-refractivity contribution in [1.29, 1.82) is 0 Å². The molecule has 7 nitrogen and oxygen atoms in total. The normalized spacial score (nSPS) is 11.2. The summed E-state index contributed by atoms with van der Waals surface area (Å²) in [4.78, 5) is 28.9. The summed E-state index contributed by atoms with van der Waals surface area (Å²) < 4.78 is 4.05. The van der Waals surface area contributed by atoms with Crippen LogP contribution in [-0.2, 0) is 42.7 Å². The van der Waals surface area contributed by atoms with Crippen molar-refractivity contribution in [2.45, 2.75) is 12.5 Å². The Hall–Kier alpha value is -0.860. The molecule has 0 aliphatic heterocycles. The zero-order chi connectivity index (χ0) is 12.0. The molecule has 17 heavy (non-hydrogen) atoms. The summed E-state index contributed by atoms with van der Waals surface area (Å²) in [5.74, 6) is -1.23. The average Bonchev–Trinajstić information content (AvgIpc) is 2.79. The Balaban J connectivity index is 0.00000256. The number of carbonyl (C=O) groups excluding carboxylic acids is 2. The Labute approximate surface area is 118 Å². The third-order valence-corrected chi connectivity index (χ3v) is 2.00. The van der Waals surface area contributed by atoms with Crippen molar-refractivity contribution in [3.63, 3.8) is 0 Å². The van der Waals surface area contributed by atoms with Gasteiger partial charge in [0.1, 0.15) is 17.9 Å². The summed E-state index contributed by atoms with van der Waals surface area (Å²) in [6.07, 6.45) is 3.24. The molecule has 0 aliphatic rings. The fourth-order valence-electron chi connectivity index (χ4n) is 1.11. The molecular weight excluding hydrogens is 433 g/mol. The monoisotopic (exact) mass is 443 g/mol. The molecule has 0 aliphatic carbocycles. The number of aromatic amines is 1. The van der Waals surface area contributed by atoms with Crippen LogP contribution in [0.4, 0.5) is 0 Å². The largest absolute Gasteiger partial charge is 0.351 e. The quantitative estimate of drug-likeness (QED) is 0.511. The van der Waals surface area contributed by atoms with E-state index in [2.05, 4.69) is 19.6 Å². The second kappa shape index (κ2) is 8.26. The van der Waals surface area contributed by atoms with Gasteiger partial charge in [-0.15, -0.1) is 0 Å². The fraction of sp³-hybridized carbons (Fsp3) is 0.375. The van der Waals surface area contributed by atoms with E-state index in [4.69, 9.17) is 17.6 Å². The van der Waals surface area contributed by atoms with Crippen molar-refractivity contribution in [2.24, 2.45) is 5.73 Å². The number of imidazole rings is 1. The van der Waals surface area contributed by atoms with Crippen molar-refractivity contribution in [3.05, 3.63) is 18.2 Å². The van der Waals surface area contributed by atoms with Gasteiger partial charge in [0.15, 0.2) is 0 Å². The topological polar surface area (TPSA) is 110 Å². The third-order valence-electron chi connectivity index (χ3n) is 1.85. The van der Waals surface area contributed by atoms with Gasteiger partial charge < -0.3 is 20.3 Å². The second-order valence-electron chi connectivity index (χ2n) is 2.99. The van der Waals surface area contributed by atoms with Gasteiger partial charge in [0.25, 0.3) is 0 Å². The molecule has 1 rings (SSSR count). The molecule has 0 unspecified atom stereocenters. The molecule has 0 saturated heterocycles. The van der Waals surface area contributed by atoms with Gasteiger partial charge in [-0.2, -0.15) is 0 Å². The number of halogens is 1. The van der Waals surface area contributed by atoms with Gasteiger partial charge in [0.05, 0.1) is 18.6 Å². The Kier molecular flexibility index (Phi) is 7.85. The Morgan fingerprint density at radius 3 is 2.82 bits per heavy atom. The molecule has 1 heterocycles. The predicted octanol–water partition coefficient (Wildman–Crippen LogP) is -0.910. The maximum atomic E-state index is 11.2. The summed E-state index contributed by atoms with van der Waals surface area (Å²) >= 11 is 4.95. The van der Waals surface area contributed by atoms with E-state index >= 15 is 0 Å². The summed E-state index contributed by atoms with van der Waals surface area (Å²) in [6.45, 7) is -0.216. The first-order chi connectivity index (χ1) is 7.67. The first kappa shape index (κ1) is 16.1. The van der Waals surface area contributed by atoms with Gasteiger partial charge >= 0.3 is 5.97 Å². The number of amides is 1. The number of nitrogens with zero attached hydrogens (tertiary/aromatic N) is 1. The summed E-state index contributed by atoms with van der Waals surface area (Å²) in [6, 6.07) is -0.892. The van der Waals surface area contributed by atoms with Gasteiger partial charge in [-0.05, 0) is 0 Å². The van der Waals surface area contributed by atoms with Crippen LogP contribution >= 0.6 is 11.9 Å². The summed E-state index contributed by atoms with van der Waals surface area (Å²) in [5, 5.41) is 2.38. The van der Waals surface area contributed by atoms with Crippen LogP contribution in [0.15, 0.2) is 12.5 Å². The minimum atomic E-state index is -0.892. The molecule has 1 aromatic rings. The van der Waals surface area contributed by atoms with Crippen LogP contribution in [0, 0.1) is 0 Å². The number of H-pyrrole nitrogens is 1. The maximum Gasteiger partial charge on any atom is 0.347 e. The Bertz CT molecular complexity index is 360. The minimum absolute atomic E-state index is 0. The van der Waals surface area contributed by atoms with Crippen LogP contribution in [0.2, 0.25) is 0 Å². The molecule has 9 heteroatoms. The molecule has 0 bridgehead atoms. The number of aromatic nitrogens is 2. The van der Waals surface area contributed by atoms with E-state index in [-0.39, 0.29) is 35.3 Å². The van der Waals surface area contributed by atoms with E-state index in [9.17, 15) is 9.59 Å². The van der Waals surface area contributed by atoms with E-state index in [1.54, 1.807) is 6.20 Å². The van der Waals surface area contributed by atoms with Crippen LogP contribution in [-0.4, -0.2) is 34.4 Å². The van der Waals surface area contributed by atoms with Gasteiger partial charge in [0.2, 0.25) is 5.91 Å². The van der Waals surface area contributed by atoms with E-state index in [1.165, 1.54) is 6.33 Å². The van der Waals surface area contributed by atoms with Crippen LogP contribution in [0.3, 0.4) is 0 Å². The van der Waals surface area contributed by atoms with Crippen molar-refractivity contribution in [3.8, 4) is 0 Å². The number of rotatable bonds is 5. The van der Waals surface area contributed by atoms with Crippen LogP contribution < -0.4 is 11.1 Å². The van der Waals surface area contributed by atoms with Gasteiger partial charge in [-0.25, -0.2) is 9.78 Å². The molecule has 1 amide bonds. The van der Waals surface area contributed by atoms with Crippen LogP contribution in [0.5, 0.6) is 0 Å². The molecule has 0 spiro atoms. The van der Waals surface area contributed by atoms with Crippen LogP contribution in [0.1, 0.15) is 5.69 Å². The fourth-order valence-corrected chi connectivity index (χ4v) is 1.22. The molecule has 0 fully saturated rings. The summed E-state index contributed by atoms with van der Waals surface area (Å²) in [7, 11) is 0. The zero-order valence-electron chi connectivity index (χ0n) is 8.58. The molecule has 1 radical (unpaired) electrons. The number of hydrogen-bond donors (Lipinski definition) is 3.